The van der Waals surface area contributed by atoms with Gasteiger partial charge in [-0.25, -0.2) is 0 Å². The van der Waals surface area contributed by atoms with Gasteiger partial charge in [-0.2, -0.15) is 12.6 Å². The lowest BCUT2D eigenvalue weighted by Gasteiger charge is -2.37. The number of hydrogen-bond acceptors (Lipinski definition) is 2. The Morgan fingerprint density at radius 2 is 1.82 bits per heavy atom. The first-order chi connectivity index (χ1) is 7.95. The standard InChI is InChI=1S/C15H18S2/c1-10-8-11(2)14(17)15(3,9-10)12-6-4-5-7-13(12)16/h4-9,14,16-17H,1-3H3/t14-,15-/m1/s1. The van der Waals surface area contributed by atoms with Gasteiger partial charge in [0, 0.05) is 15.6 Å². The summed E-state index contributed by atoms with van der Waals surface area (Å²) in [6.07, 6.45) is 4.51. The minimum atomic E-state index is -0.0790. The summed E-state index contributed by atoms with van der Waals surface area (Å²) in [6.45, 7) is 6.52. The molecule has 0 heterocycles. The number of hydrogen-bond donors (Lipinski definition) is 2. The minimum absolute atomic E-state index is 0.0790. The molecule has 2 atom stereocenters. The third-order valence-electron chi connectivity index (χ3n) is 3.47. The van der Waals surface area contributed by atoms with Gasteiger partial charge in [-0.3, -0.25) is 0 Å². The minimum Gasteiger partial charge on any atom is -0.170 e. The topological polar surface area (TPSA) is 0 Å². The highest BCUT2D eigenvalue weighted by Crippen LogP contribution is 2.42. The van der Waals surface area contributed by atoms with Crippen molar-refractivity contribution in [1.82, 2.24) is 0 Å². The molecule has 0 spiro atoms. The Bertz CT molecular complexity index is 499. The molecular formula is C15H18S2. The molecule has 90 valence electrons. The molecule has 0 fully saturated rings. The molecule has 0 bridgehead atoms. The zero-order valence-corrected chi connectivity index (χ0v) is 12.2. The lowest BCUT2D eigenvalue weighted by molar-refractivity contribution is 0.582. The SMILES string of the molecule is CC1=C[C@](C)(c2ccccc2S)[C@H](S)C(C)=C1. The van der Waals surface area contributed by atoms with Crippen LogP contribution < -0.4 is 0 Å². The Kier molecular flexibility index (Phi) is 3.46. The molecule has 0 amide bonds. The zero-order valence-electron chi connectivity index (χ0n) is 10.4. The maximum atomic E-state index is 4.79. The fourth-order valence-electron chi connectivity index (χ4n) is 2.66. The molecule has 2 rings (SSSR count). The monoisotopic (exact) mass is 262 g/mol. The number of rotatable bonds is 1. The second-order valence-corrected chi connectivity index (χ2v) is 5.98. The van der Waals surface area contributed by atoms with Crippen LogP contribution in [0.4, 0.5) is 0 Å². The fraction of sp³-hybridized carbons (Fsp3) is 0.333. The zero-order chi connectivity index (χ0) is 12.6. The first-order valence-electron chi connectivity index (χ1n) is 5.79. The van der Waals surface area contributed by atoms with Gasteiger partial charge in [0.15, 0.2) is 0 Å². The number of allylic oxidation sites excluding steroid dienone is 3. The van der Waals surface area contributed by atoms with E-state index in [-0.39, 0.29) is 10.7 Å². The van der Waals surface area contributed by atoms with Crippen molar-refractivity contribution in [3.05, 3.63) is 53.1 Å². The molecule has 1 aromatic rings. The summed E-state index contributed by atoms with van der Waals surface area (Å²) < 4.78 is 0. The first kappa shape index (κ1) is 12.8. The molecule has 0 aromatic heterocycles. The summed E-state index contributed by atoms with van der Waals surface area (Å²) in [4.78, 5) is 1.04. The largest absolute Gasteiger partial charge is 0.170 e. The van der Waals surface area contributed by atoms with Crippen LogP contribution in [0.1, 0.15) is 26.3 Å². The van der Waals surface area contributed by atoms with E-state index >= 15 is 0 Å². The predicted octanol–water partition coefficient (Wildman–Crippen LogP) is 4.44. The fourth-order valence-corrected chi connectivity index (χ4v) is 3.35. The molecule has 0 N–H and O–H groups in total. The highest BCUT2D eigenvalue weighted by molar-refractivity contribution is 7.81. The number of benzene rings is 1. The van der Waals surface area contributed by atoms with Crippen LogP contribution >= 0.6 is 25.3 Å². The quantitative estimate of drug-likeness (QED) is 0.687. The van der Waals surface area contributed by atoms with E-state index in [1.54, 1.807) is 0 Å². The molecule has 0 nitrogen and oxygen atoms in total. The molecule has 0 radical (unpaired) electrons. The molecule has 17 heavy (non-hydrogen) atoms. The van der Waals surface area contributed by atoms with Crippen LogP contribution in [0.5, 0.6) is 0 Å². The van der Waals surface area contributed by atoms with Gasteiger partial charge in [0.05, 0.1) is 0 Å². The number of thiol groups is 2. The van der Waals surface area contributed by atoms with Gasteiger partial charge in [-0.15, -0.1) is 12.6 Å². The molecule has 0 saturated heterocycles. The van der Waals surface area contributed by atoms with Gasteiger partial charge in [0.2, 0.25) is 0 Å². The Balaban J connectivity index is 2.58. The summed E-state index contributed by atoms with van der Waals surface area (Å²) in [5.74, 6) is 0. The average molecular weight is 262 g/mol. The summed E-state index contributed by atoms with van der Waals surface area (Å²) in [7, 11) is 0. The first-order valence-corrected chi connectivity index (χ1v) is 6.75. The molecule has 0 saturated carbocycles. The molecule has 0 aliphatic heterocycles. The van der Waals surface area contributed by atoms with E-state index in [0.717, 1.165) is 4.90 Å². The van der Waals surface area contributed by atoms with Crippen molar-refractivity contribution in [2.24, 2.45) is 0 Å². The third kappa shape index (κ3) is 2.21. The molecule has 0 unspecified atom stereocenters. The third-order valence-corrected chi connectivity index (χ3v) is 4.80. The van der Waals surface area contributed by atoms with Crippen LogP contribution in [-0.4, -0.2) is 5.25 Å². The highest BCUT2D eigenvalue weighted by atomic mass is 32.1. The Morgan fingerprint density at radius 3 is 2.47 bits per heavy atom. The van der Waals surface area contributed by atoms with E-state index in [0.29, 0.717) is 0 Å². The van der Waals surface area contributed by atoms with Gasteiger partial charge < -0.3 is 0 Å². The van der Waals surface area contributed by atoms with E-state index in [9.17, 15) is 0 Å². The smallest absolute Gasteiger partial charge is 0.0356 e. The highest BCUT2D eigenvalue weighted by Gasteiger charge is 2.36. The van der Waals surface area contributed by atoms with E-state index in [2.05, 4.69) is 57.7 Å². The van der Waals surface area contributed by atoms with E-state index in [4.69, 9.17) is 12.6 Å². The van der Waals surface area contributed by atoms with Crippen molar-refractivity contribution < 1.29 is 0 Å². The second kappa shape index (κ2) is 4.58. The average Bonchev–Trinajstić information content (AvgIpc) is 2.26. The van der Waals surface area contributed by atoms with E-state index < -0.39 is 0 Å². The second-order valence-electron chi connectivity index (χ2n) is 4.98. The summed E-state index contributed by atoms with van der Waals surface area (Å²) in [5, 5.41) is 0.208. The molecule has 2 heteroatoms. The van der Waals surface area contributed by atoms with Crippen LogP contribution in [0.15, 0.2) is 52.5 Å². The predicted molar refractivity (Wildman–Crippen MR) is 81.3 cm³/mol. The Hall–Kier alpha value is -0.600. The normalized spacial score (nSPS) is 28.6. The molecule has 1 aliphatic rings. The van der Waals surface area contributed by atoms with Crippen molar-refractivity contribution in [2.75, 3.05) is 0 Å². The summed E-state index contributed by atoms with van der Waals surface area (Å²) in [6, 6.07) is 8.28. The van der Waals surface area contributed by atoms with Crippen LogP contribution in [0.2, 0.25) is 0 Å². The lowest BCUT2D eigenvalue weighted by Crippen LogP contribution is -2.34. The molecule has 1 aromatic carbocycles. The van der Waals surface area contributed by atoms with Crippen LogP contribution in [0.3, 0.4) is 0 Å². The lowest BCUT2D eigenvalue weighted by atomic mass is 9.73. The molecule has 1 aliphatic carbocycles. The van der Waals surface area contributed by atoms with E-state index in [1.807, 2.05) is 12.1 Å². The van der Waals surface area contributed by atoms with Crippen molar-refractivity contribution in [2.45, 2.75) is 36.3 Å². The Labute approximate surface area is 115 Å². The maximum Gasteiger partial charge on any atom is 0.0356 e. The van der Waals surface area contributed by atoms with Gasteiger partial charge in [-0.1, -0.05) is 48.4 Å². The van der Waals surface area contributed by atoms with Crippen molar-refractivity contribution in [3.63, 3.8) is 0 Å². The van der Waals surface area contributed by atoms with Crippen LogP contribution in [0, 0.1) is 0 Å². The maximum absolute atomic E-state index is 4.79. The van der Waals surface area contributed by atoms with Gasteiger partial charge in [0.25, 0.3) is 0 Å². The van der Waals surface area contributed by atoms with Crippen LogP contribution in [-0.2, 0) is 5.41 Å². The van der Waals surface area contributed by atoms with Crippen molar-refractivity contribution in [3.8, 4) is 0 Å². The summed E-state index contributed by atoms with van der Waals surface area (Å²) in [5.41, 5.74) is 3.78. The van der Waals surface area contributed by atoms with Gasteiger partial charge in [0.1, 0.15) is 0 Å². The van der Waals surface area contributed by atoms with Crippen LogP contribution in [0.25, 0.3) is 0 Å². The van der Waals surface area contributed by atoms with Gasteiger partial charge >= 0.3 is 0 Å². The molecular weight excluding hydrogens is 244 g/mol. The summed E-state index contributed by atoms with van der Waals surface area (Å²) >= 11 is 9.37. The Morgan fingerprint density at radius 1 is 1.18 bits per heavy atom. The van der Waals surface area contributed by atoms with Crippen molar-refractivity contribution >= 4 is 25.3 Å². The van der Waals surface area contributed by atoms with Gasteiger partial charge in [-0.05, 0) is 25.5 Å². The van der Waals surface area contributed by atoms with E-state index in [1.165, 1.54) is 16.7 Å². The van der Waals surface area contributed by atoms with Crippen molar-refractivity contribution in [1.29, 1.82) is 0 Å².